The second-order valence-corrected chi connectivity index (χ2v) is 2.67. The van der Waals surface area contributed by atoms with E-state index in [1.165, 1.54) is 13.4 Å². The van der Waals surface area contributed by atoms with Crippen molar-refractivity contribution in [2.75, 3.05) is 19.4 Å². The van der Waals surface area contributed by atoms with Crippen LogP contribution in [0.4, 0.5) is 10.5 Å². The number of nitrogens with one attached hydrogen (secondary N) is 2. The Labute approximate surface area is 88.2 Å². The molecule has 5 heteroatoms. The highest BCUT2D eigenvalue weighted by Gasteiger charge is 2.05. The van der Waals surface area contributed by atoms with Crippen molar-refractivity contribution in [3.8, 4) is 5.75 Å². The van der Waals surface area contributed by atoms with Gasteiger partial charge in [-0.25, -0.2) is 4.79 Å². The van der Waals surface area contributed by atoms with E-state index in [0.29, 0.717) is 11.4 Å². The maximum Gasteiger partial charge on any atom is 0.412 e. The molecule has 0 heterocycles. The quantitative estimate of drug-likeness (QED) is 0.582. The molecule has 15 heavy (non-hydrogen) atoms. The van der Waals surface area contributed by atoms with Gasteiger partial charge in [-0.05, 0) is 12.1 Å². The number of anilines is 1. The molecule has 0 radical (unpaired) electrons. The second-order valence-electron chi connectivity index (χ2n) is 2.67. The van der Waals surface area contributed by atoms with Gasteiger partial charge in [0.25, 0.3) is 0 Å². The summed E-state index contributed by atoms with van der Waals surface area (Å²) in [7, 11) is 3.15. The molecule has 5 nitrogen and oxygen atoms in total. The van der Waals surface area contributed by atoms with Gasteiger partial charge in [-0.1, -0.05) is 12.1 Å². The maximum absolute atomic E-state index is 11.0. The Morgan fingerprint density at radius 3 is 2.87 bits per heavy atom. The largest absolute Gasteiger partial charge is 0.412 e. The number of hydrogen-bond donors (Lipinski definition) is 2. The van der Waals surface area contributed by atoms with Gasteiger partial charge < -0.3 is 15.4 Å². The number of rotatable bonds is 3. The molecule has 0 aliphatic rings. The van der Waals surface area contributed by atoms with E-state index in [-0.39, 0.29) is 0 Å². The molecule has 0 bridgehead atoms. The Morgan fingerprint density at radius 1 is 1.47 bits per heavy atom. The van der Waals surface area contributed by atoms with Crippen LogP contribution in [-0.2, 0) is 0 Å². The van der Waals surface area contributed by atoms with Gasteiger partial charge in [-0.2, -0.15) is 0 Å². The van der Waals surface area contributed by atoms with Crippen LogP contribution in [0.3, 0.4) is 0 Å². The zero-order chi connectivity index (χ0) is 11.1. The third-order valence-electron chi connectivity index (χ3n) is 1.64. The summed E-state index contributed by atoms with van der Waals surface area (Å²) in [5, 5.41) is 5.27. The van der Waals surface area contributed by atoms with E-state index in [1.54, 1.807) is 25.2 Å². The second kappa shape index (κ2) is 5.64. The number of aliphatic imine (C=N–C) groups is 1. The van der Waals surface area contributed by atoms with Crippen molar-refractivity contribution in [3.05, 3.63) is 24.3 Å². The van der Waals surface area contributed by atoms with Crippen LogP contribution < -0.4 is 15.4 Å². The average molecular weight is 207 g/mol. The van der Waals surface area contributed by atoms with Crippen LogP contribution in [0.5, 0.6) is 5.75 Å². The van der Waals surface area contributed by atoms with Crippen molar-refractivity contribution < 1.29 is 9.53 Å². The number of benzene rings is 1. The Hall–Kier alpha value is -2.04. The lowest BCUT2D eigenvalue weighted by Crippen LogP contribution is -2.22. The van der Waals surface area contributed by atoms with Crippen LogP contribution in [-0.4, -0.2) is 26.5 Å². The summed E-state index contributed by atoms with van der Waals surface area (Å²) in [4.78, 5) is 14.8. The fourth-order valence-corrected chi connectivity index (χ4v) is 0.960. The average Bonchev–Trinajstić information content (AvgIpc) is 2.28. The van der Waals surface area contributed by atoms with Crippen LogP contribution in [0, 0.1) is 0 Å². The van der Waals surface area contributed by atoms with Crippen molar-refractivity contribution >= 4 is 18.1 Å². The molecule has 2 N–H and O–H groups in total. The topological polar surface area (TPSA) is 62.7 Å². The number of hydrogen-bond acceptors (Lipinski definition) is 3. The molecule has 80 valence electrons. The van der Waals surface area contributed by atoms with Gasteiger partial charge in [0.05, 0.1) is 12.0 Å². The van der Waals surface area contributed by atoms with Crippen LogP contribution >= 0.6 is 0 Å². The molecule has 0 unspecified atom stereocenters. The zero-order valence-corrected chi connectivity index (χ0v) is 8.65. The molecule has 0 saturated carbocycles. The molecule has 0 atom stereocenters. The highest BCUT2D eigenvalue weighted by Crippen LogP contribution is 2.22. The predicted molar refractivity (Wildman–Crippen MR) is 59.6 cm³/mol. The molecule has 1 aromatic rings. The van der Waals surface area contributed by atoms with E-state index >= 15 is 0 Å². The Kier molecular flexibility index (Phi) is 4.15. The normalized spacial score (nSPS) is 10.0. The minimum Gasteiger partial charge on any atom is -0.408 e. The molecule has 1 aromatic carbocycles. The van der Waals surface area contributed by atoms with Crippen LogP contribution in [0.2, 0.25) is 0 Å². The molecular weight excluding hydrogens is 194 g/mol. The fourth-order valence-electron chi connectivity index (χ4n) is 0.960. The van der Waals surface area contributed by atoms with E-state index in [0.717, 1.165) is 0 Å². The molecule has 0 saturated heterocycles. The van der Waals surface area contributed by atoms with Gasteiger partial charge in [0.2, 0.25) is 0 Å². The molecule has 1 amide bonds. The SMILES string of the molecule is CN=CNc1ccccc1OC(=O)NC. The van der Waals surface area contributed by atoms with Gasteiger partial charge in [0.15, 0.2) is 5.75 Å². The van der Waals surface area contributed by atoms with Gasteiger partial charge in [-0.3, -0.25) is 4.99 Å². The third kappa shape index (κ3) is 3.30. The Bertz CT molecular complexity index is 363. The molecule has 0 aliphatic carbocycles. The summed E-state index contributed by atoms with van der Waals surface area (Å²) in [6.45, 7) is 0. The monoisotopic (exact) mass is 207 g/mol. The first-order chi connectivity index (χ1) is 7.27. The van der Waals surface area contributed by atoms with Crippen molar-refractivity contribution in [2.45, 2.75) is 0 Å². The van der Waals surface area contributed by atoms with Crippen molar-refractivity contribution in [1.82, 2.24) is 5.32 Å². The van der Waals surface area contributed by atoms with Gasteiger partial charge >= 0.3 is 6.09 Å². The highest BCUT2D eigenvalue weighted by atomic mass is 16.6. The minimum absolute atomic E-state index is 0.455. The van der Waals surface area contributed by atoms with E-state index in [2.05, 4.69) is 15.6 Å². The van der Waals surface area contributed by atoms with Crippen LogP contribution in [0.15, 0.2) is 29.3 Å². The van der Waals surface area contributed by atoms with Crippen LogP contribution in [0.1, 0.15) is 0 Å². The molecule has 0 aromatic heterocycles. The van der Waals surface area contributed by atoms with E-state index < -0.39 is 6.09 Å². The number of ether oxygens (including phenoxy) is 1. The van der Waals surface area contributed by atoms with Gasteiger partial charge in [0, 0.05) is 14.1 Å². The van der Waals surface area contributed by atoms with Gasteiger partial charge in [-0.15, -0.1) is 0 Å². The first-order valence-electron chi connectivity index (χ1n) is 4.43. The summed E-state index contributed by atoms with van der Waals surface area (Å²) in [5.41, 5.74) is 0.687. The molecule has 1 rings (SSSR count). The Balaban J connectivity index is 2.81. The van der Waals surface area contributed by atoms with E-state index in [9.17, 15) is 4.79 Å². The summed E-state index contributed by atoms with van der Waals surface area (Å²) in [5.74, 6) is 0.455. The van der Waals surface area contributed by atoms with Crippen molar-refractivity contribution in [3.63, 3.8) is 0 Å². The first-order valence-corrected chi connectivity index (χ1v) is 4.43. The first kappa shape index (κ1) is 11.0. The highest BCUT2D eigenvalue weighted by molar-refractivity contribution is 5.81. The number of carbonyl (C=O) groups excluding carboxylic acids is 1. The Morgan fingerprint density at radius 2 is 2.20 bits per heavy atom. The molecule has 0 fully saturated rings. The minimum atomic E-state index is -0.502. The summed E-state index contributed by atoms with van der Waals surface area (Å²) >= 11 is 0. The summed E-state index contributed by atoms with van der Waals surface area (Å²) in [6.07, 6.45) is 1.02. The lowest BCUT2D eigenvalue weighted by Gasteiger charge is -2.08. The standard InChI is InChI=1S/C10H13N3O2/c1-11-7-13-8-5-3-4-6-9(8)15-10(14)12-2/h3-7H,1-2H3,(H,11,13)(H,12,14). The third-order valence-corrected chi connectivity index (χ3v) is 1.64. The maximum atomic E-state index is 11.0. The molecule has 0 spiro atoms. The number of para-hydroxylation sites is 2. The predicted octanol–water partition coefficient (Wildman–Crippen LogP) is 1.47. The lowest BCUT2D eigenvalue weighted by atomic mass is 10.3. The molecule has 0 aliphatic heterocycles. The van der Waals surface area contributed by atoms with Crippen molar-refractivity contribution in [1.29, 1.82) is 0 Å². The molecular formula is C10H13N3O2. The van der Waals surface area contributed by atoms with E-state index in [1.807, 2.05) is 6.07 Å². The zero-order valence-electron chi connectivity index (χ0n) is 8.65. The lowest BCUT2D eigenvalue weighted by molar-refractivity contribution is 0.203. The van der Waals surface area contributed by atoms with Crippen molar-refractivity contribution in [2.24, 2.45) is 4.99 Å². The smallest absolute Gasteiger partial charge is 0.408 e. The summed E-state index contributed by atoms with van der Waals surface area (Å²) < 4.78 is 5.02. The van der Waals surface area contributed by atoms with Gasteiger partial charge in [0.1, 0.15) is 0 Å². The number of carbonyl (C=O) groups is 1. The fraction of sp³-hybridized carbons (Fsp3) is 0.200. The number of nitrogens with zero attached hydrogens (tertiary/aromatic N) is 1. The summed E-state index contributed by atoms with van der Waals surface area (Å²) in [6, 6.07) is 7.11. The van der Waals surface area contributed by atoms with E-state index in [4.69, 9.17) is 4.74 Å². The number of amides is 1. The van der Waals surface area contributed by atoms with Crippen LogP contribution in [0.25, 0.3) is 0 Å².